The van der Waals surface area contributed by atoms with Gasteiger partial charge in [0.25, 0.3) is 0 Å². The molecule has 1 aromatic carbocycles. The fraction of sp³-hybridized carbons (Fsp3) is 0.182. The summed E-state index contributed by atoms with van der Waals surface area (Å²) in [6.07, 6.45) is 1.69. The van der Waals surface area contributed by atoms with Crippen LogP contribution in [0.2, 0.25) is 0 Å². The second-order valence-corrected chi connectivity index (χ2v) is 7.00. The molecule has 0 aliphatic rings. The van der Waals surface area contributed by atoms with E-state index in [1.807, 2.05) is 6.92 Å². The SMILES string of the molecule is Cc1cnc(CNS(=O)(=O)c2ccc(O)c(N)c2)s1. The van der Waals surface area contributed by atoms with Gasteiger partial charge in [0.15, 0.2) is 0 Å². The summed E-state index contributed by atoms with van der Waals surface area (Å²) in [7, 11) is -3.66. The zero-order chi connectivity index (χ0) is 14.0. The first-order valence-electron chi connectivity index (χ1n) is 5.38. The van der Waals surface area contributed by atoms with Crippen LogP contribution in [0, 0.1) is 6.92 Å². The molecular formula is C11H13N3O3S2. The molecule has 8 heteroatoms. The van der Waals surface area contributed by atoms with Gasteiger partial charge in [0.1, 0.15) is 10.8 Å². The molecule has 2 aromatic rings. The molecule has 6 nitrogen and oxygen atoms in total. The Kier molecular flexibility index (Phi) is 3.74. The normalized spacial score (nSPS) is 11.6. The Balaban J connectivity index is 2.16. The summed E-state index contributed by atoms with van der Waals surface area (Å²) in [6.45, 7) is 2.03. The van der Waals surface area contributed by atoms with Crippen molar-refractivity contribution in [3.05, 3.63) is 34.3 Å². The number of aromatic hydroxyl groups is 1. The van der Waals surface area contributed by atoms with Crippen molar-refractivity contribution in [2.75, 3.05) is 5.73 Å². The molecule has 4 N–H and O–H groups in total. The molecule has 0 radical (unpaired) electrons. The molecular weight excluding hydrogens is 286 g/mol. The highest BCUT2D eigenvalue weighted by Gasteiger charge is 2.15. The quantitative estimate of drug-likeness (QED) is 0.581. The number of phenolic OH excluding ortho intramolecular Hbond substituents is 1. The van der Waals surface area contributed by atoms with Gasteiger partial charge in [-0.1, -0.05) is 0 Å². The molecule has 0 aliphatic carbocycles. The van der Waals surface area contributed by atoms with E-state index >= 15 is 0 Å². The number of hydrogen-bond acceptors (Lipinski definition) is 6. The molecule has 0 spiro atoms. The minimum absolute atomic E-state index is 0.0103. The third-order valence-corrected chi connectivity index (χ3v) is 4.70. The van der Waals surface area contributed by atoms with Crippen molar-refractivity contribution in [3.8, 4) is 5.75 Å². The van der Waals surface area contributed by atoms with E-state index in [1.54, 1.807) is 6.20 Å². The monoisotopic (exact) mass is 299 g/mol. The number of sulfonamides is 1. The third kappa shape index (κ3) is 3.22. The minimum atomic E-state index is -3.66. The fourth-order valence-corrected chi connectivity index (χ4v) is 3.26. The first-order chi connectivity index (χ1) is 8.88. The molecule has 0 amide bonds. The molecule has 0 saturated carbocycles. The Bertz CT molecular complexity index is 695. The van der Waals surface area contributed by atoms with Crippen LogP contribution < -0.4 is 10.5 Å². The van der Waals surface area contributed by atoms with Gasteiger partial charge in [0.2, 0.25) is 10.0 Å². The summed E-state index contributed by atoms with van der Waals surface area (Å²) >= 11 is 1.43. The van der Waals surface area contributed by atoms with Gasteiger partial charge in [-0.15, -0.1) is 11.3 Å². The van der Waals surface area contributed by atoms with Crippen molar-refractivity contribution in [3.63, 3.8) is 0 Å². The van der Waals surface area contributed by atoms with E-state index in [9.17, 15) is 13.5 Å². The molecule has 0 bridgehead atoms. The highest BCUT2D eigenvalue weighted by molar-refractivity contribution is 7.89. The van der Waals surface area contributed by atoms with Crippen LogP contribution in [0.4, 0.5) is 5.69 Å². The number of hydrogen-bond donors (Lipinski definition) is 3. The number of anilines is 1. The summed E-state index contributed by atoms with van der Waals surface area (Å²) in [5, 5.41) is 9.96. The van der Waals surface area contributed by atoms with Crippen molar-refractivity contribution in [2.45, 2.75) is 18.4 Å². The van der Waals surface area contributed by atoms with E-state index in [2.05, 4.69) is 9.71 Å². The van der Waals surface area contributed by atoms with Crippen molar-refractivity contribution >= 4 is 27.0 Å². The number of nitrogens with two attached hydrogens (primary N) is 1. The van der Waals surface area contributed by atoms with Crippen molar-refractivity contribution < 1.29 is 13.5 Å². The molecule has 102 valence electrons. The maximum atomic E-state index is 12.0. The minimum Gasteiger partial charge on any atom is -0.506 e. The summed E-state index contributed by atoms with van der Waals surface area (Å²) < 4.78 is 26.4. The Morgan fingerprint density at radius 2 is 2.21 bits per heavy atom. The van der Waals surface area contributed by atoms with Crippen LogP contribution in [0.1, 0.15) is 9.88 Å². The predicted molar refractivity (Wildman–Crippen MR) is 73.4 cm³/mol. The van der Waals surface area contributed by atoms with Crippen LogP contribution in [0.3, 0.4) is 0 Å². The van der Waals surface area contributed by atoms with E-state index in [0.717, 1.165) is 4.88 Å². The molecule has 0 fully saturated rings. The van der Waals surface area contributed by atoms with Crippen molar-refractivity contribution in [1.82, 2.24) is 9.71 Å². The number of phenols is 1. The molecule has 2 rings (SSSR count). The standard InChI is InChI=1S/C11H13N3O3S2/c1-7-5-13-11(18-7)6-14-19(16,17)8-2-3-10(15)9(12)4-8/h2-5,14-15H,6,12H2,1H3. The number of nitrogens with one attached hydrogen (secondary N) is 1. The average Bonchev–Trinajstić information content (AvgIpc) is 2.76. The Labute approximate surface area is 115 Å². The van der Waals surface area contributed by atoms with Gasteiger partial charge >= 0.3 is 0 Å². The lowest BCUT2D eigenvalue weighted by molar-refractivity contribution is 0.477. The first kappa shape index (κ1) is 13.8. The van der Waals surface area contributed by atoms with Crippen LogP contribution >= 0.6 is 11.3 Å². The number of nitrogen functional groups attached to an aromatic ring is 1. The van der Waals surface area contributed by atoms with Gasteiger partial charge in [-0.2, -0.15) is 0 Å². The predicted octanol–water partition coefficient (Wildman–Crippen LogP) is 1.22. The number of nitrogens with zero attached hydrogens (tertiary/aromatic N) is 1. The van der Waals surface area contributed by atoms with Gasteiger partial charge in [-0.3, -0.25) is 0 Å². The number of aryl methyl sites for hydroxylation is 1. The van der Waals surface area contributed by atoms with Gasteiger partial charge in [-0.05, 0) is 25.1 Å². The topological polar surface area (TPSA) is 105 Å². The summed E-state index contributed by atoms with van der Waals surface area (Å²) in [4.78, 5) is 5.10. The third-order valence-electron chi connectivity index (χ3n) is 2.39. The number of rotatable bonds is 4. The molecule has 1 aromatic heterocycles. The highest BCUT2D eigenvalue weighted by atomic mass is 32.2. The second kappa shape index (κ2) is 5.16. The van der Waals surface area contributed by atoms with Crippen LogP contribution in [0.15, 0.2) is 29.3 Å². The lowest BCUT2D eigenvalue weighted by Crippen LogP contribution is -2.23. The maximum absolute atomic E-state index is 12.0. The van der Waals surface area contributed by atoms with E-state index in [0.29, 0.717) is 5.01 Å². The summed E-state index contributed by atoms with van der Waals surface area (Å²) in [6, 6.07) is 3.75. The molecule has 0 aliphatic heterocycles. The van der Waals surface area contributed by atoms with Crippen molar-refractivity contribution in [2.24, 2.45) is 0 Å². The molecule has 0 atom stereocenters. The Hall–Kier alpha value is -1.64. The van der Waals surface area contributed by atoms with Crippen LogP contribution in [-0.4, -0.2) is 18.5 Å². The molecule has 1 heterocycles. The smallest absolute Gasteiger partial charge is 0.241 e. The van der Waals surface area contributed by atoms with E-state index in [-0.39, 0.29) is 22.9 Å². The maximum Gasteiger partial charge on any atom is 0.241 e. The summed E-state index contributed by atoms with van der Waals surface area (Å²) in [5.74, 6) is -0.144. The Morgan fingerprint density at radius 3 is 2.79 bits per heavy atom. The van der Waals surface area contributed by atoms with Crippen molar-refractivity contribution in [1.29, 1.82) is 0 Å². The van der Waals surface area contributed by atoms with E-state index in [1.165, 1.54) is 29.5 Å². The number of thiazole rings is 1. The number of benzene rings is 1. The van der Waals surface area contributed by atoms with Crippen LogP contribution in [-0.2, 0) is 16.6 Å². The van der Waals surface area contributed by atoms with Gasteiger partial charge < -0.3 is 10.8 Å². The van der Waals surface area contributed by atoms with Gasteiger partial charge in [0.05, 0.1) is 17.1 Å². The average molecular weight is 299 g/mol. The zero-order valence-electron chi connectivity index (χ0n) is 10.1. The van der Waals surface area contributed by atoms with Crippen LogP contribution in [0.5, 0.6) is 5.75 Å². The molecule has 19 heavy (non-hydrogen) atoms. The van der Waals surface area contributed by atoms with Gasteiger partial charge in [-0.25, -0.2) is 18.1 Å². The second-order valence-electron chi connectivity index (χ2n) is 3.91. The first-order valence-corrected chi connectivity index (χ1v) is 7.68. The highest BCUT2D eigenvalue weighted by Crippen LogP contribution is 2.23. The Morgan fingerprint density at radius 1 is 1.47 bits per heavy atom. The molecule has 0 saturated heterocycles. The van der Waals surface area contributed by atoms with Gasteiger partial charge in [0, 0.05) is 11.1 Å². The lowest BCUT2D eigenvalue weighted by atomic mass is 10.3. The van der Waals surface area contributed by atoms with E-state index in [4.69, 9.17) is 5.73 Å². The molecule has 0 unspecified atom stereocenters. The van der Waals surface area contributed by atoms with Crippen LogP contribution in [0.25, 0.3) is 0 Å². The largest absolute Gasteiger partial charge is 0.506 e. The van der Waals surface area contributed by atoms with E-state index < -0.39 is 10.0 Å². The summed E-state index contributed by atoms with van der Waals surface area (Å²) in [5.41, 5.74) is 5.50. The lowest BCUT2D eigenvalue weighted by Gasteiger charge is -2.06. The zero-order valence-corrected chi connectivity index (χ0v) is 11.8. The fourth-order valence-electron chi connectivity index (χ4n) is 1.42. The number of aromatic nitrogens is 1.